The minimum atomic E-state index is -0.289. The number of nitrogens with zero attached hydrogens (tertiary/aromatic N) is 5. The number of benzene rings is 2. The first-order chi connectivity index (χ1) is 16.0. The maximum atomic E-state index is 12.5. The van der Waals surface area contributed by atoms with Gasteiger partial charge in [0.1, 0.15) is 12.4 Å². The highest BCUT2D eigenvalue weighted by Crippen LogP contribution is 2.43. The first kappa shape index (κ1) is 22.3. The quantitative estimate of drug-likeness (QED) is 0.218. The van der Waals surface area contributed by atoms with Gasteiger partial charge in [-0.05, 0) is 83.5 Å². The van der Waals surface area contributed by atoms with Crippen LogP contribution in [0.4, 0.5) is 0 Å². The summed E-state index contributed by atoms with van der Waals surface area (Å²) in [6.07, 6.45) is 8.22. The van der Waals surface area contributed by atoms with Crippen LogP contribution in [0, 0.1) is 19.3 Å². The molecule has 1 aliphatic rings. The maximum Gasteiger partial charge on any atom is 0.368 e. The Kier molecular flexibility index (Phi) is 6.59. The van der Waals surface area contributed by atoms with Crippen LogP contribution >= 0.6 is 0 Å². The summed E-state index contributed by atoms with van der Waals surface area (Å²) in [5, 5.41) is 12.0. The molecule has 0 saturated heterocycles. The normalized spacial score (nSPS) is 13.6. The number of ether oxygens (including phenoxy) is 1. The molecular weight excluding hydrogens is 418 g/mol. The zero-order valence-corrected chi connectivity index (χ0v) is 19.1. The topological polar surface area (TPSA) is 83.5 Å². The summed E-state index contributed by atoms with van der Waals surface area (Å²) in [6, 6.07) is 11.9. The third-order valence-electron chi connectivity index (χ3n) is 5.69. The molecule has 0 radical (unpaired) electrons. The van der Waals surface area contributed by atoms with E-state index in [2.05, 4.69) is 27.6 Å². The van der Waals surface area contributed by atoms with E-state index in [4.69, 9.17) is 16.0 Å². The number of terminal acetylenes is 1. The minimum Gasteiger partial charge on any atom is -0.489 e. The van der Waals surface area contributed by atoms with E-state index < -0.39 is 0 Å². The van der Waals surface area contributed by atoms with E-state index in [0.717, 1.165) is 47.4 Å². The van der Waals surface area contributed by atoms with Gasteiger partial charge in [-0.1, -0.05) is 30.1 Å². The van der Waals surface area contributed by atoms with Crippen molar-refractivity contribution in [1.82, 2.24) is 19.8 Å². The molecule has 0 bridgehead atoms. The predicted molar refractivity (Wildman–Crippen MR) is 126 cm³/mol. The molecule has 8 nitrogen and oxygen atoms in total. The van der Waals surface area contributed by atoms with Crippen LogP contribution in [0.5, 0.6) is 5.75 Å². The number of aromatic nitrogens is 4. The highest BCUT2D eigenvalue weighted by Gasteiger charge is 2.28. The van der Waals surface area contributed by atoms with Gasteiger partial charge in [0, 0.05) is 12.6 Å². The molecule has 8 heteroatoms. The van der Waals surface area contributed by atoms with E-state index in [-0.39, 0.29) is 12.3 Å². The molecule has 0 spiro atoms. The van der Waals surface area contributed by atoms with Gasteiger partial charge in [0.05, 0.1) is 11.4 Å². The van der Waals surface area contributed by atoms with Crippen LogP contribution in [0.1, 0.15) is 54.4 Å². The Bertz CT molecular complexity index is 1280. The molecule has 1 saturated carbocycles. The van der Waals surface area contributed by atoms with Crippen LogP contribution in [0.2, 0.25) is 0 Å². The molecule has 33 heavy (non-hydrogen) atoms. The number of hydrogen-bond donors (Lipinski definition) is 0. The van der Waals surface area contributed by atoms with Crippen molar-refractivity contribution in [2.24, 2.45) is 12.2 Å². The number of hydrogen-bond acceptors (Lipinski definition) is 6. The van der Waals surface area contributed by atoms with Crippen molar-refractivity contribution in [3.63, 3.8) is 0 Å². The van der Waals surface area contributed by atoms with Gasteiger partial charge in [-0.3, -0.25) is 0 Å². The number of rotatable bonds is 9. The summed E-state index contributed by atoms with van der Waals surface area (Å²) in [5.74, 6) is 3.67. The molecule has 0 unspecified atom stereocenters. The summed E-state index contributed by atoms with van der Waals surface area (Å²) in [4.78, 5) is 17.7. The highest BCUT2D eigenvalue weighted by atomic mass is 16.6. The van der Waals surface area contributed by atoms with Crippen LogP contribution in [-0.4, -0.2) is 32.1 Å². The fraction of sp³-hybridized carbons (Fsp3) is 0.360. The second-order valence-corrected chi connectivity index (χ2v) is 8.05. The monoisotopic (exact) mass is 445 g/mol. The first-order valence-electron chi connectivity index (χ1n) is 11.0. The maximum absolute atomic E-state index is 12.5. The van der Waals surface area contributed by atoms with E-state index in [9.17, 15) is 4.79 Å². The summed E-state index contributed by atoms with van der Waals surface area (Å²) in [7, 11) is 1.59. The van der Waals surface area contributed by atoms with Gasteiger partial charge in [-0.15, -0.1) is 6.42 Å². The Balaban J connectivity index is 1.61. The van der Waals surface area contributed by atoms with Crippen molar-refractivity contribution in [3.05, 3.63) is 69.1 Å². The molecule has 1 aromatic heterocycles. The average molecular weight is 446 g/mol. The first-order valence-corrected chi connectivity index (χ1v) is 11.0. The summed E-state index contributed by atoms with van der Waals surface area (Å²) >= 11 is 0. The van der Waals surface area contributed by atoms with E-state index in [0.29, 0.717) is 18.2 Å². The SMILES string of the molecule is C#CCO/N=C(\CC)c1ccc(OCc2c(C3CC3)cccc2-n2nnn(C)c2=O)c(C)c1. The summed E-state index contributed by atoms with van der Waals surface area (Å²) in [6.45, 7) is 4.48. The Hall–Kier alpha value is -3.86. The van der Waals surface area contributed by atoms with Crippen LogP contribution in [0.3, 0.4) is 0 Å². The fourth-order valence-electron chi connectivity index (χ4n) is 3.80. The van der Waals surface area contributed by atoms with Crippen molar-refractivity contribution in [2.75, 3.05) is 6.61 Å². The molecule has 0 aliphatic heterocycles. The lowest BCUT2D eigenvalue weighted by Gasteiger charge is -2.16. The van der Waals surface area contributed by atoms with Crippen LogP contribution in [0.15, 0.2) is 46.3 Å². The van der Waals surface area contributed by atoms with Crippen molar-refractivity contribution in [2.45, 2.75) is 45.6 Å². The lowest BCUT2D eigenvalue weighted by Crippen LogP contribution is -2.23. The molecule has 0 N–H and O–H groups in total. The van der Waals surface area contributed by atoms with Gasteiger partial charge in [0.15, 0.2) is 6.61 Å². The molecule has 170 valence electrons. The van der Waals surface area contributed by atoms with Gasteiger partial charge in [0.2, 0.25) is 0 Å². The minimum absolute atomic E-state index is 0.140. The van der Waals surface area contributed by atoms with Gasteiger partial charge in [-0.2, -0.15) is 9.36 Å². The second-order valence-electron chi connectivity index (χ2n) is 8.05. The van der Waals surface area contributed by atoms with Crippen molar-refractivity contribution < 1.29 is 9.57 Å². The Labute approximate surface area is 192 Å². The molecule has 3 aromatic rings. The van der Waals surface area contributed by atoms with Gasteiger partial charge < -0.3 is 9.57 Å². The average Bonchev–Trinajstić information content (AvgIpc) is 3.61. The largest absolute Gasteiger partial charge is 0.489 e. The molecule has 0 atom stereocenters. The number of oxime groups is 1. The van der Waals surface area contributed by atoms with Crippen molar-refractivity contribution in [3.8, 4) is 23.8 Å². The Morgan fingerprint density at radius 3 is 2.73 bits per heavy atom. The third kappa shape index (κ3) is 4.82. The van der Waals surface area contributed by atoms with Gasteiger partial charge in [-0.25, -0.2) is 4.79 Å². The Morgan fingerprint density at radius 1 is 1.27 bits per heavy atom. The molecular formula is C25H27N5O3. The van der Waals surface area contributed by atoms with Gasteiger partial charge in [0.25, 0.3) is 0 Å². The van der Waals surface area contributed by atoms with Crippen molar-refractivity contribution >= 4 is 5.71 Å². The van der Waals surface area contributed by atoms with E-state index >= 15 is 0 Å². The summed E-state index contributed by atoms with van der Waals surface area (Å²) < 4.78 is 8.80. The standard InChI is InChI=1S/C25H27N5O3/c1-5-14-33-26-22(6-2)19-12-13-24(17(3)15-19)32-16-21-20(18-10-11-18)8-7-9-23(21)30-25(31)29(4)27-28-30/h1,7-9,12-13,15,18H,6,10-11,14,16H2,2-4H3/b26-22+. The fourth-order valence-corrected chi connectivity index (χ4v) is 3.80. The number of aryl methyl sites for hydroxylation is 2. The van der Waals surface area contributed by atoms with Crippen LogP contribution in [-0.2, 0) is 18.5 Å². The molecule has 0 amide bonds. The molecule has 1 heterocycles. The Morgan fingerprint density at radius 2 is 2.09 bits per heavy atom. The van der Waals surface area contributed by atoms with Crippen molar-refractivity contribution in [1.29, 1.82) is 0 Å². The smallest absolute Gasteiger partial charge is 0.368 e. The van der Waals surface area contributed by atoms with E-state index in [1.807, 2.05) is 44.2 Å². The molecule has 1 aliphatic carbocycles. The zero-order valence-electron chi connectivity index (χ0n) is 19.1. The zero-order chi connectivity index (χ0) is 23.4. The third-order valence-corrected chi connectivity index (χ3v) is 5.69. The highest BCUT2D eigenvalue weighted by molar-refractivity contribution is 6.00. The lowest BCUT2D eigenvalue weighted by atomic mass is 10.0. The number of tetrazole rings is 1. The predicted octanol–water partition coefficient (Wildman–Crippen LogP) is 3.49. The van der Waals surface area contributed by atoms with Crippen LogP contribution in [0.25, 0.3) is 5.69 Å². The van der Waals surface area contributed by atoms with Crippen LogP contribution < -0.4 is 10.4 Å². The molecule has 2 aromatic carbocycles. The summed E-state index contributed by atoms with van der Waals surface area (Å²) in [5.41, 5.74) is 5.34. The molecule has 4 rings (SSSR count). The van der Waals surface area contributed by atoms with Gasteiger partial charge >= 0.3 is 5.69 Å². The second kappa shape index (κ2) is 9.74. The lowest BCUT2D eigenvalue weighted by molar-refractivity contribution is 0.179. The van der Waals surface area contributed by atoms with E-state index in [1.54, 1.807) is 7.05 Å². The molecule has 1 fully saturated rings. The van der Waals surface area contributed by atoms with E-state index in [1.165, 1.54) is 14.9 Å².